The zero-order chi connectivity index (χ0) is 30.9. The largest absolute Gasteiger partial charge is 0.278 e. The third kappa shape index (κ3) is 4.07. The van der Waals surface area contributed by atoms with Gasteiger partial charge in [-0.25, -0.2) is 9.97 Å². The molecule has 10 rings (SSSR count). The Morgan fingerprint density at radius 1 is 0.362 bits per heavy atom. The fourth-order valence-electron chi connectivity index (χ4n) is 7.27. The predicted molar refractivity (Wildman–Crippen MR) is 197 cm³/mol. The van der Waals surface area contributed by atoms with Crippen molar-refractivity contribution in [3.8, 4) is 28.3 Å². The quantitative estimate of drug-likeness (QED) is 0.203. The number of rotatable bonds is 3. The van der Waals surface area contributed by atoms with Crippen molar-refractivity contribution in [1.82, 2.24) is 14.5 Å². The molecule has 218 valence electrons. The van der Waals surface area contributed by atoms with Gasteiger partial charge in [0.05, 0.1) is 22.2 Å². The third-order valence-corrected chi connectivity index (χ3v) is 9.55. The number of hydrogen-bond donors (Lipinski definition) is 0. The van der Waals surface area contributed by atoms with Crippen molar-refractivity contribution >= 4 is 65.0 Å². The fraction of sp³-hybridized carbons (Fsp3) is 0. The fourth-order valence-corrected chi connectivity index (χ4v) is 7.27. The Bertz CT molecular complexity index is 2860. The van der Waals surface area contributed by atoms with Crippen LogP contribution in [0.2, 0.25) is 0 Å². The average molecular weight is 598 g/mol. The van der Waals surface area contributed by atoms with Crippen molar-refractivity contribution in [3.05, 3.63) is 164 Å². The number of benzene rings is 8. The number of fused-ring (bicyclic) bond motifs is 7. The summed E-state index contributed by atoms with van der Waals surface area (Å²) in [6.45, 7) is 0. The van der Waals surface area contributed by atoms with Crippen LogP contribution in [-0.2, 0) is 0 Å². The lowest BCUT2D eigenvalue weighted by atomic mass is 9.97. The van der Waals surface area contributed by atoms with Crippen LogP contribution in [0.1, 0.15) is 0 Å². The van der Waals surface area contributed by atoms with Gasteiger partial charge in [-0.05, 0) is 79.8 Å². The second-order valence-electron chi connectivity index (χ2n) is 12.3. The number of hydrogen-bond acceptors (Lipinski definition) is 2. The lowest BCUT2D eigenvalue weighted by Crippen LogP contribution is -2.04. The SMILES string of the molecule is c1ccc2cc(-c3ccc4c(-c5cccc6ccccc56)nc(-n5c6ccccc6c6cc7ccccc7cc65)nc4c3)ccc2c1. The Morgan fingerprint density at radius 3 is 1.85 bits per heavy atom. The minimum absolute atomic E-state index is 0.664. The smallest absolute Gasteiger partial charge is 0.235 e. The molecule has 10 aromatic rings. The molecule has 0 saturated carbocycles. The lowest BCUT2D eigenvalue weighted by molar-refractivity contribution is 1.01. The van der Waals surface area contributed by atoms with Crippen LogP contribution in [0.25, 0.3) is 93.4 Å². The van der Waals surface area contributed by atoms with Gasteiger partial charge in [0.25, 0.3) is 0 Å². The van der Waals surface area contributed by atoms with Crippen molar-refractivity contribution in [2.24, 2.45) is 0 Å². The molecular formula is C44H27N3. The second kappa shape index (κ2) is 10.1. The maximum Gasteiger partial charge on any atom is 0.235 e. The van der Waals surface area contributed by atoms with E-state index in [9.17, 15) is 0 Å². The van der Waals surface area contributed by atoms with Gasteiger partial charge in [-0.1, -0.05) is 127 Å². The first-order chi connectivity index (χ1) is 23.3. The van der Waals surface area contributed by atoms with E-state index in [-0.39, 0.29) is 0 Å². The van der Waals surface area contributed by atoms with E-state index in [1.54, 1.807) is 0 Å². The highest BCUT2D eigenvalue weighted by atomic mass is 15.2. The van der Waals surface area contributed by atoms with E-state index in [2.05, 4.69) is 168 Å². The molecule has 2 heterocycles. The molecule has 3 nitrogen and oxygen atoms in total. The summed E-state index contributed by atoms with van der Waals surface area (Å²) >= 11 is 0. The van der Waals surface area contributed by atoms with Gasteiger partial charge in [0, 0.05) is 21.7 Å². The van der Waals surface area contributed by atoms with E-state index in [1.807, 2.05) is 0 Å². The Balaban J connectivity index is 1.30. The van der Waals surface area contributed by atoms with E-state index in [4.69, 9.17) is 9.97 Å². The van der Waals surface area contributed by atoms with E-state index < -0.39 is 0 Å². The van der Waals surface area contributed by atoms with Gasteiger partial charge in [-0.3, -0.25) is 4.57 Å². The van der Waals surface area contributed by atoms with Crippen molar-refractivity contribution in [1.29, 1.82) is 0 Å². The molecular weight excluding hydrogens is 571 g/mol. The van der Waals surface area contributed by atoms with Crippen molar-refractivity contribution < 1.29 is 0 Å². The summed E-state index contributed by atoms with van der Waals surface area (Å²) in [5, 5.41) is 10.6. The highest BCUT2D eigenvalue weighted by Gasteiger charge is 2.19. The molecule has 0 aliphatic rings. The third-order valence-electron chi connectivity index (χ3n) is 9.55. The Labute approximate surface area is 271 Å². The van der Waals surface area contributed by atoms with Crippen LogP contribution in [0.5, 0.6) is 0 Å². The Kier molecular flexibility index (Phi) is 5.57. The van der Waals surface area contributed by atoms with Crippen molar-refractivity contribution in [2.75, 3.05) is 0 Å². The molecule has 0 saturated heterocycles. The molecule has 8 aromatic carbocycles. The minimum atomic E-state index is 0.664. The van der Waals surface area contributed by atoms with Gasteiger partial charge >= 0.3 is 0 Å². The Morgan fingerprint density at radius 2 is 1.00 bits per heavy atom. The molecule has 3 heteroatoms. The first kappa shape index (κ1) is 26.0. The number of aromatic nitrogens is 3. The van der Waals surface area contributed by atoms with Crippen LogP contribution in [0.15, 0.2) is 164 Å². The van der Waals surface area contributed by atoms with Gasteiger partial charge in [0.15, 0.2) is 0 Å². The summed E-state index contributed by atoms with van der Waals surface area (Å²) in [5.74, 6) is 0.664. The predicted octanol–water partition coefficient (Wildman–Crippen LogP) is 11.5. The number of nitrogens with zero attached hydrogens (tertiary/aromatic N) is 3. The summed E-state index contributed by atoms with van der Waals surface area (Å²) < 4.78 is 2.24. The second-order valence-corrected chi connectivity index (χ2v) is 12.3. The molecule has 0 aliphatic carbocycles. The van der Waals surface area contributed by atoms with E-state index >= 15 is 0 Å². The average Bonchev–Trinajstić information content (AvgIpc) is 3.46. The highest BCUT2D eigenvalue weighted by molar-refractivity contribution is 6.13. The normalized spacial score (nSPS) is 11.8. The molecule has 0 unspecified atom stereocenters. The summed E-state index contributed by atoms with van der Waals surface area (Å²) in [4.78, 5) is 10.8. The molecule has 47 heavy (non-hydrogen) atoms. The molecule has 0 radical (unpaired) electrons. The van der Waals surface area contributed by atoms with Crippen LogP contribution in [0, 0.1) is 0 Å². The molecule has 0 amide bonds. The zero-order valence-corrected chi connectivity index (χ0v) is 25.4. The van der Waals surface area contributed by atoms with Gasteiger partial charge in [0.1, 0.15) is 0 Å². The molecule has 0 aliphatic heterocycles. The van der Waals surface area contributed by atoms with E-state index in [0.29, 0.717) is 5.95 Å². The standard InChI is InChI=1S/C44H27N3/c1-2-12-30-24-33(21-20-28(30)10-1)34-22-23-38-40(26-34)45-44(46-43(38)37-18-9-15-29-11-5-6-16-35(29)37)47-41-19-8-7-17-36(41)39-25-31-13-3-4-14-32(31)27-42(39)47/h1-27H. The van der Waals surface area contributed by atoms with Crippen molar-refractivity contribution in [3.63, 3.8) is 0 Å². The molecule has 0 N–H and O–H groups in total. The maximum absolute atomic E-state index is 5.44. The number of para-hydroxylation sites is 1. The van der Waals surface area contributed by atoms with Crippen LogP contribution in [0.4, 0.5) is 0 Å². The lowest BCUT2D eigenvalue weighted by Gasteiger charge is -2.14. The Hall–Kier alpha value is -6.32. The summed E-state index contributed by atoms with van der Waals surface area (Å²) in [6, 6.07) is 58.6. The van der Waals surface area contributed by atoms with Crippen molar-refractivity contribution in [2.45, 2.75) is 0 Å². The molecule has 0 atom stereocenters. The van der Waals surface area contributed by atoms with Gasteiger partial charge in [-0.2, -0.15) is 0 Å². The van der Waals surface area contributed by atoms with E-state index in [1.165, 1.54) is 48.7 Å². The van der Waals surface area contributed by atoms with Crippen LogP contribution >= 0.6 is 0 Å². The van der Waals surface area contributed by atoms with Gasteiger partial charge in [0.2, 0.25) is 5.95 Å². The molecule has 2 aromatic heterocycles. The topological polar surface area (TPSA) is 30.7 Å². The van der Waals surface area contributed by atoms with Gasteiger partial charge in [-0.15, -0.1) is 0 Å². The van der Waals surface area contributed by atoms with Crippen LogP contribution < -0.4 is 0 Å². The van der Waals surface area contributed by atoms with Crippen LogP contribution in [-0.4, -0.2) is 14.5 Å². The summed E-state index contributed by atoms with van der Waals surface area (Å²) in [7, 11) is 0. The van der Waals surface area contributed by atoms with E-state index in [0.717, 1.165) is 38.8 Å². The highest BCUT2D eigenvalue weighted by Crippen LogP contribution is 2.38. The first-order valence-electron chi connectivity index (χ1n) is 16.0. The first-order valence-corrected chi connectivity index (χ1v) is 16.0. The van der Waals surface area contributed by atoms with Crippen LogP contribution in [0.3, 0.4) is 0 Å². The zero-order valence-electron chi connectivity index (χ0n) is 25.4. The minimum Gasteiger partial charge on any atom is -0.278 e. The molecule has 0 spiro atoms. The summed E-state index contributed by atoms with van der Waals surface area (Å²) in [5.41, 5.74) is 7.42. The maximum atomic E-state index is 5.44. The molecule has 0 fully saturated rings. The summed E-state index contributed by atoms with van der Waals surface area (Å²) in [6.07, 6.45) is 0. The van der Waals surface area contributed by atoms with Gasteiger partial charge < -0.3 is 0 Å². The molecule has 0 bridgehead atoms. The monoisotopic (exact) mass is 597 g/mol.